The zero-order valence-electron chi connectivity index (χ0n) is 10.4. The van der Waals surface area contributed by atoms with Crippen LogP contribution < -0.4 is 4.90 Å². The van der Waals surface area contributed by atoms with E-state index in [4.69, 9.17) is 0 Å². The Morgan fingerprint density at radius 2 is 1.70 bits per heavy atom. The molecule has 1 saturated heterocycles. The fourth-order valence-electron chi connectivity index (χ4n) is 3.80. The van der Waals surface area contributed by atoms with Gasteiger partial charge in [0.2, 0.25) is 11.8 Å². The van der Waals surface area contributed by atoms with Crippen LogP contribution in [0.25, 0.3) is 0 Å². The monoisotopic (exact) mass is 383 g/mol. The largest absolute Gasteiger partial charge is 0.274 e. The standard InChI is InChI=1S/C15H11FINO2/c16-9-3-4-11(10(17)6-9)18-14(19)12-7-1-2-8(5-7)13(12)15(18)20/h1-4,6-8,12-13H,5H2. The maximum Gasteiger partial charge on any atom is 0.238 e. The first kappa shape index (κ1) is 12.5. The minimum atomic E-state index is -0.362. The molecule has 4 atom stereocenters. The Hall–Kier alpha value is -1.24. The van der Waals surface area contributed by atoms with Crippen molar-refractivity contribution in [3.63, 3.8) is 0 Å². The SMILES string of the molecule is O=C1C2C3C=CC(C3)C2C(=O)N1c1ccc(F)cc1I. The highest BCUT2D eigenvalue weighted by Gasteiger charge is 2.59. The van der Waals surface area contributed by atoms with Crippen molar-refractivity contribution in [2.24, 2.45) is 23.7 Å². The van der Waals surface area contributed by atoms with E-state index < -0.39 is 0 Å². The number of benzene rings is 1. The second-order valence-electron chi connectivity index (χ2n) is 5.61. The molecule has 4 rings (SSSR count). The van der Waals surface area contributed by atoms with Gasteiger partial charge >= 0.3 is 0 Å². The van der Waals surface area contributed by atoms with Crippen LogP contribution in [0.15, 0.2) is 30.4 Å². The number of imide groups is 1. The van der Waals surface area contributed by atoms with Gasteiger partial charge in [0.05, 0.1) is 17.5 Å². The molecule has 2 fully saturated rings. The third-order valence-electron chi connectivity index (χ3n) is 4.62. The Morgan fingerprint density at radius 3 is 2.25 bits per heavy atom. The summed E-state index contributed by atoms with van der Waals surface area (Å²) in [7, 11) is 0. The van der Waals surface area contributed by atoms with E-state index in [1.165, 1.54) is 23.1 Å². The summed E-state index contributed by atoms with van der Waals surface area (Å²) in [5, 5.41) is 0. The van der Waals surface area contributed by atoms with Crippen molar-refractivity contribution in [2.45, 2.75) is 6.42 Å². The van der Waals surface area contributed by atoms with Crippen molar-refractivity contribution < 1.29 is 14.0 Å². The molecule has 2 amide bonds. The van der Waals surface area contributed by atoms with E-state index in [9.17, 15) is 14.0 Å². The molecule has 2 aliphatic carbocycles. The molecule has 20 heavy (non-hydrogen) atoms. The van der Waals surface area contributed by atoms with E-state index in [0.29, 0.717) is 9.26 Å². The van der Waals surface area contributed by atoms with Gasteiger partial charge < -0.3 is 0 Å². The number of fused-ring (bicyclic) bond motifs is 5. The van der Waals surface area contributed by atoms with Gasteiger partial charge in [0.15, 0.2) is 0 Å². The van der Waals surface area contributed by atoms with Gasteiger partial charge in [-0.3, -0.25) is 9.59 Å². The smallest absolute Gasteiger partial charge is 0.238 e. The van der Waals surface area contributed by atoms with Crippen molar-refractivity contribution in [3.05, 3.63) is 39.7 Å². The van der Waals surface area contributed by atoms with Crippen LogP contribution in [0.1, 0.15) is 6.42 Å². The molecule has 1 aromatic rings. The molecular weight excluding hydrogens is 372 g/mol. The molecule has 4 unspecified atom stereocenters. The Balaban J connectivity index is 1.78. The molecule has 1 heterocycles. The molecule has 0 radical (unpaired) electrons. The van der Waals surface area contributed by atoms with Gasteiger partial charge in [-0.25, -0.2) is 9.29 Å². The minimum Gasteiger partial charge on any atom is -0.274 e. The Bertz CT molecular complexity index is 642. The first-order valence-corrected chi connectivity index (χ1v) is 7.67. The number of anilines is 1. The third kappa shape index (κ3) is 1.50. The molecule has 1 aromatic carbocycles. The average Bonchev–Trinajstić information content (AvgIpc) is 3.06. The van der Waals surface area contributed by atoms with Crippen molar-refractivity contribution in [1.29, 1.82) is 0 Å². The summed E-state index contributed by atoms with van der Waals surface area (Å²) in [4.78, 5) is 26.5. The Labute approximate surface area is 129 Å². The highest BCUT2D eigenvalue weighted by Crippen LogP contribution is 2.53. The molecule has 0 N–H and O–H groups in total. The summed E-state index contributed by atoms with van der Waals surface area (Å²) in [5.74, 6) is -0.632. The lowest BCUT2D eigenvalue weighted by molar-refractivity contribution is -0.123. The van der Waals surface area contributed by atoms with Crippen molar-refractivity contribution in [2.75, 3.05) is 4.90 Å². The molecule has 102 valence electrons. The number of carbonyl (C=O) groups excluding carboxylic acids is 2. The Morgan fingerprint density at radius 1 is 1.10 bits per heavy atom. The maximum absolute atomic E-state index is 13.2. The molecule has 5 heteroatoms. The van der Waals surface area contributed by atoms with Gasteiger partial charge in [0.25, 0.3) is 0 Å². The summed E-state index contributed by atoms with van der Waals surface area (Å²) in [6.45, 7) is 0. The van der Waals surface area contributed by atoms with Gasteiger partial charge in [-0.1, -0.05) is 12.2 Å². The summed E-state index contributed by atoms with van der Waals surface area (Å²) in [6, 6.07) is 4.15. The van der Waals surface area contributed by atoms with Crippen molar-refractivity contribution in [3.8, 4) is 0 Å². The number of halogens is 2. The first-order valence-electron chi connectivity index (χ1n) is 6.59. The summed E-state index contributed by atoms with van der Waals surface area (Å²) >= 11 is 1.96. The summed E-state index contributed by atoms with van der Waals surface area (Å²) in [5.41, 5.74) is 0.510. The average molecular weight is 383 g/mol. The van der Waals surface area contributed by atoms with E-state index >= 15 is 0 Å². The topological polar surface area (TPSA) is 37.4 Å². The molecular formula is C15H11FINO2. The van der Waals surface area contributed by atoms with Crippen LogP contribution in [0.3, 0.4) is 0 Å². The quantitative estimate of drug-likeness (QED) is 0.425. The molecule has 2 bridgehead atoms. The second-order valence-corrected chi connectivity index (χ2v) is 6.77. The number of carbonyl (C=O) groups is 2. The lowest BCUT2D eigenvalue weighted by atomic mass is 9.85. The summed E-state index contributed by atoms with van der Waals surface area (Å²) < 4.78 is 13.8. The molecule has 3 nitrogen and oxygen atoms in total. The van der Waals surface area contributed by atoms with E-state index in [0.717, 1.165) is 6.42 Å². The fraction of sp³-hybridized carbons (Fsp3) is 0.333. The van der Waals surface area contributed by atoms with Crippen LogP contribution in [-0.2, 0) is 9.59 Å². The minimum absolute atomic E-state index is 0.124. The third-order valence-corrected chi connectivity index (χ3v) is 5.49. The van der Waals surface area contributed by atoms with Crippen LogP contribution in [0.5, 0.6) is 0 Å². The first-order chi connectivity index (χ1) is 9.58. The number of rotatable bonds is 1. The molecule has 1 aliphatic heterocycles. The van der Waals surface area contributed by atoms with Gasteiger partial charge in [-0.15, -0.1) is 0 Å². The predicted octanol–water partition coefficient (Wildman–Crippen LogP) is 2.74. The van der Waals surface area contributed by atoms with E-state index in [2.05, 4.69) is 12.2 Å². The maximum atomic E-state index is 13.2. The number of allylic oxidation sites excluding steroid dienone is 2. The summed E-state index contributed by atoms with van der Waals surface area (Å²) in [6.07, 6.45) is 5.05. The second kappa shape index (κ2) is 4.13. The van der Waals surface area contributed by atoms with E-state index in [-0.39, 0.29) is 41.3 Å². The van der Waals surface area contributed by atoms with Crippen molar-refractivity contribution in [1.82, 2.24) is 0 Å². The number of amides is 2. The highest BCUT2D eigenvalue weighted by atomic mass is 127. The van der Waals surface area contributed by atoms with Gasteiger partial charge in [-0.05, 0) is 59.0 Å². The Kier molecular flexibility index (Phi) is 2.58. The van der Waals surface area contributed by atoms with Crippen LogP contribution in [-0.4, -0.2) is 11.8 Å². The van der Waals surface area contributed by atoms with Gasteiger partial charge in [0.1, 0.15) is 5.82 Å². The molecule has 3 aliphatic rings. The molecule has 0 aromatic heterocycles. The fourth-order valence-corrected chi connectivity index (χ4v) is 4.52. The van der Waals surface area contributed by atoms with Crippen molar-refractivity contribution >= 4 is 40.1 Å². The van der Waals surface area contributed by atoms with Crippen LogP contribution >= 0.6 is 22.6 Å². The van der Waals surface area contributed by atoms with Crippen LogP contribution in [0.4, 0.5) is 10.1 Å². The zero-order valence-corrected chi connectivity index (χ0v) is 12.6. The van der Waals surface area contributed by atoms with Crippen LogP contribution in [0.2, 0.25) is 0 Å². The van der Waals surface area contributed by atoms with E-state index in [1.807, 2.05) is 22.6 Å². The highest BCUT2D eigenvalue weighted by molar-refractivity contribution is 14.1. The van der Waals surface area contributed by atoms with Gasteiger partial charge in [-0.2, -0.15) is 0 Å². The zero-order chi connectivity index (χ0) is 14.0. The number of nitrogens with zero attached hydrogens (tertiary/aromatic N) is 1. The van der Waals surface area contributed by atoms with E-state index in [1.54, 1.807) is 0 Å². The predicted molar refractivity (Wildman–Crippen MR) is 79.3 cm³/mol. The number of hydrogen-bond acceptors (Lipinski definition) is 2. The lowest BCUT2D eigenvalue weighted by Crippen LogP contribution is -2.33. The van der Waals surface area contributed by atoms with Gasteiger partial charge in [0, 0.05) is 3.57 Å². The van der Waals surface area contributed by atoms with Crippen LogP contribution in [0, 0.1) is 33.1 Å². The molecule has 0 spiro atoms. The molecule has 1 saturated carbocycles. The number of hydrogen-bond donors (Lipinski definition) is 0. The lowest BCUT2D eigenvalue weighted by Gasteiger charge is -2.18. The normalized spacial score (nSPS) is 34.2.